The van der Waals surface area contributed by atoms with E-state index in [0.717, 1.165) is 35.1 Å². The van der Waals surface area contributed by atoms with Gasteiger partial charge in [0.25, 0.3) is 0 Å². The van der Waals surface area contributed by atoms with Crippen molar-refractivity contribution < 1.29 is 4.39 Å². The van der Waals surface area contributed by atoms with Crippen molar-refractivity contribution in [2.75, 3.05) is 5.32 Å². The summed E-state index contributed by atoms with van der Waals surface area (Å²) in [7, 11) is 0. The molecule has 110 valence electrons. The van der Waals surface area contributed by atoms with Crippen LogP contribution in [0.15, 0.2) is 42.7 Å². The molecule has 0 fully saturated rings. The molecular formula is C18H16FN3. The number of hydrogen-bond donors (Lipinski definition) is 1. The standard InChI is InChI=1S/C18H16FN3/c1-11-2-5-17-16(6-11)18(21-10-20-17)22-15-8-12-3-4-14(19)7-13(12)9-15/h2-7,10,15H,8-9H2,1H3,(H,20,21,22). The van der Waals surface area contributed by atoms with Gasteiger partial charge in [-0.3, -0.25) is 0 Å². The van der Waals surface area contributed by atoms with Crippen molar-refractivity contribution in [1.29, 1.82) is 0 Å². The number of fused-ring (bicyclic) bond motifs is 2. The molecule has 1 aliphatic rings. The first-order chi connectivity index (χ1) is 10.7. The molecule has 4 rings (SSSR count). The molecular weight excluding hydrogens is 277 g/mol. The maximum Gasteiger partial charge on any atom is 0.137 e. The van der Waals surface area contributed by atoms with Gasteiger partial charge in [0.1, 0.15) is 18.0 Å². The fraction of sp³-hybridized carbons (Fsp3) is 0.222. The summed E-state index contributed by atoms with van der Waals surface area (Å²) >= 11 is 0. The first-order valence-electron chi connectivity index (χ1n) is 7.44. The SMILES string of the molecule is Cc1ccc2ncnc(NC3Cc4ccc(F)cc4C3)c2c1. The van der Waals surface area contributed by atoms with Crippen molar-refractivity contribution in [3.63, 3.8) is 0 Å². The number of benzene rings is 2. The summed E-state index contributed by atoms with van der Waals surface area (Å²) in [6, 6.07) is 11.5. The third kappa shape index (κ3) is 2.30. The number of halogens is 1. The van der Waals surface area contributed by atoms with E-state index in [1.807, 2.05) is 18.2 Å². The topological polar surface area (TPSA) is 37.8 Å². The van der Waals surface area contributed by atoms with Gasteiger partial charge in [-0.15, -0.1) is 0 Å². The maximum atomic E-state index is 13.3. The van der Waals surface area contributed by atoms with E-state index in [2.05, 4.69) is 28.3 Å². The quantitative estimate of drug-likeness (QED) is 0.783. The van der Waals surface area contributed by atoms with E-state index >= 15 is 0 Å². The summed E-state index contributed by atoms with van der Waals surface area (Å²) in [5.74, 6) is 0.689. The molecule has 1 N–H and O–H groups in total. The molecule has 0 saturated heterocycles. The summed E-state index contributed by atoms with van der Waals surface area (Å²) in [6.45, 7) is 2.06. The first kappa shape index (κ1) is 13.2. The van der Waals surface area contributed by atoms with Gasteiger partial charge in [0.2, 0.25) is 0 Å². The molecule has 2 aromatic carbocycles. The minimum atomic E-state index is -0.164. The maximum absolute atomic E-state index is 13.3. The van der Waals surface area contributed by atoms with E-state index in [1.165, 1.54) is 17.2 Å². The van der Waals surface area contributed by atoms with Crippen molar-refractivity contribution in [1.82, 2.24) is 9.97 Å². The summed E-state index contributed by atoms with van der Waals surface area (Å²) in [5, 5.41) is 4.54. The molecule has 1 aromatic heterocycles. The highest BCUT2D eigenvalue weighted by Gasteiger charge is 2.22. The summed E-state index contributed by atoms with van der Waals surface area (Å²) in [4.78, 5) is 8.70. The Balaban J connectivity index is 1.64. The lowest BCUT2D eigenvalue weighted by molar-refractivity contribution is 0.625. The molecule has 3 nitrogen and oxygen atoms in total. The van der Waals surface area contributed by atoms with Crippen molar-refractivity contribution in [2.24, 2.45) is 0 Å². The van der Waals surface area contributed by atoms with Gasteiger partial charge in [0.15, 0.2) is 0 Å². The Labute approximate surface area is 128 Å². The zero-order valence-corrected chi connectivity index (χ0v) is 12.3. The summed E-state index contributed by atoms with van der Waals surface area (Å²) < 4.78 is 13.3. The van der Waals surface area contributed by atoms with E-state index in [9.17, 15) is 4.39 Å². The van der Waals surface area contributed by atoms with Crippen LogP contribution >= 0.6 is 0 Å². The highest BCUT2D eigenvalue weighted by atomic mass is 19.1. The number of nitrogens with one attached hydrogen (secondary N) is 1. The number of aromatic nitrogens is 2. The molecule has 0 aliphatic heterocycles. The molecule has 0 amide bonds. The van der Waals surface area contributed by atoms with E-state index in [1.54, 1.807) is 12.4 Å². The van der Waals surface area contributed by atoms with Crippen molar-refractivity contribution in [2.45, 2.75) is 25.8 Å². The third-order valence-corrected chi connectivity index (χ3v) is 4.23. The predicted octanol–water partition coefficient (Wildman–Crippen LogP) is 3.66. The van der Waals surface area contributed by atoms with E-state index < -0.39 is 0 Å². The first-order valence-corrected chi connectivity index (χ1v) is 7.44. The van der Waals surface area contributed by atoms with E-state index in [0.29, 0.717) is 0 Å². The number of aryl methyl sites for hydroxylation is 1. The minimum Gasteiger partial charge on any atom is -0.366 e. The lowest BCUT2D eigenvalue weighted by atomic mass is 10.1. The van der Waals surface area contributed by atoms with Crippen LogP contribution in [0, 0.1) is 12.7 Å². The highest BCUT2D eigenvalue weighted by molar-refractivity contribution is 5.89. The van der Waals surface area contributed by atoms with Crippen LogP contribution in [-0.4, -0.2) is 16.0 Å². The zero-order valence-electron chi connectivity index (χ0n) is 12.3. The molecule has 1 atom stereocenters. The van der Waals surface area contributed by atoms with Gasteiger partial charge in [-0.25, -0.2) is 14.4 Å². The smallest absolute Gasteiger partial charge is 0.137 e. The summed E-state index contributed by atoms with van der Waals surface area (Å²) in [5.41, 5.74) is 4.42. The monoisotopic (exact) mass is 293 g/mol. The lowest BCUT2D eigenvalue weighted by Crippen LogP contribution is -2.20. The van der Waals surface area contributed by atoms with Crippen LogP contribution in [0.3, 0.4) is 0 Å². The molecule has 22 heavy (non-hydrogen) atoms. The normalized spacial score (nSPS) is 16.7. The van der Waals surface area contributed by atoms with Crippen LogP contribution < -0.4 is 5.32 Å². The van der Waals surface area contributed by atoms with Crippen LogP contribution in [0.4, 0.5) is 10.2 Å². The third-order valence-electron chi connectivity index (χ3n) is 4.23. The Morgan fingerprint density at radius 2 is 1.91 bits per heavy atom. The fourth-order valence-electron chi connectivity index (χ4n) is 3.17. The van der Waals surface area contributed by atoms with Crippen LogP contribution in [0.1, 0.15) is 16.7 Å². The van der Waals surface area contributed by atoms with Crippen molar-refractivity contribution in [3.8, 4) is 0 Å². The molecule has 0 radical (unpaired) electrons. The predicted molar refractivity (Wildman–Crippen MR) is 85.5 cm³/mol. The van der Waals surface area contributed by atoms with Gasteiger partial charge in [0, 0.05) is 11.4 Å². The van der Waals surface area contributed by atoms with Crippen LogP contribution in [0.5, 0.6) is 0 Å². The molecule has 3 aromatic rings. The molecule has 1 aliphatic carbocycles. The average Bonchev–Trinajstić information content (AvgIpc) is 2.89. The van der Waals surface area contributed by atoms with Gasteiger partial charge in [-0.05, 0) is 55.2 Å². The second-order valence-corrected chi connectivity index (χ2v) is 5.91. The number of rotatable bonds is 2. The van der Waals surface area contributed by atoms with E-state index in [4.69, 9.17) is 0 Å². The van der Waals surface area contributed by atoms with E-state index in [-0.39, 0.29) is 11.9 Å². The number of anilines is 1. The zero-order chi connectivity index (χ0) is 15.1. The largest absolute Gasteiger partial charge is 0.366 e. The highest BCUT2D eigenvalue weighted by Crippen LogP contribution is 2.27. The average molecular weight is 293 g/mol. The van der Waals surface area contributed by atoms with Gasteiger partial charge >= 0.3 is 0 Å². The molecule has 0 spiro atoms. The van der Waals surface area contributed by atoms with Crippen LogP contribution in [0.25, 0.3) is 10.9 Å². The Bertz CT molecular complexity index is 860. The fourth-order valence-corrected chi connectivity index (χ4v) is 3.17. The molecule has 1 unspecified atom stereocenters. The van der Waals surface area contributed by atoms with Gasteiger partial charge in [0.05, 0.1) is 5.52 Å². The molecule has 1 heterocycles. The number of hydrogen-bond acceptors (Lipinski definition) is 3. The second kappa shape index (κ2) is 5.05. The van der Waals surface area contributed by atoms with Crippen LogP contribution in [-0.2, 0) is 12.8 Å². The van der Waals surface area contributed by atoms with Crippen molar-refractivity contribution >= 4 is 16.7 Å². The Morgan fingerprint density at radius 3 is 2.82 bits per heavy atom. The van der Waals surface area contributed by atoms with Gasteiger partial charge in [-0.2, -0.15) is 0 Å². The molecule has 4 heteroatoms. The minimum absolute atomic E-state index is 0.164. The molecule has 0 saturated carbocycles. The lowest BCUT2D eigenvalue weighted by Gasteiger charge is -2.14. The Hall–Kier alpha value is -2.49. The Kier molecular flexibility index (Phi) is 3.03. The van der Waals surface area contributed by atoms with Crippen molar-refractivity contribution in [3.05, 3.63) is 65.2 Å². The Morgan fingerprint density at radius 1 is 1.05 bits per heavy atom. The second-order valence-electron chi connectivity index (χ2n) is 5.91. The van der Waals surface area contributed by atoms with Crippen LogP contribution in [0.2, 0.25) is 0 Å². The van der Waals surface area contributed by atoms with Gasteiger partial charge in [-0.1, -0.05) is 17.7 Å². The van der Waals surface area contributed by atoms with Gasteiger partial charge < -0.3 is 5.32 Å². The number of nitrogens with zero attached hydrogens (tertiary/aromatic N) is 2. The molecule has 0 bridgehead atoms. The summed E-state index contributed by atoms with van der Waals surface area (Å²) in [6.07, 6.45) is 3.30.